The Balaban J connectivity index is 3.41. The van der Waals surface area contributed by atoms with Gasteiger partial charge in [-0.3, -0.25) is 4.79 Å². The highest BCUT2D eigenvalue weighted by Crippen LogP contribution is 2.10. The number of hydrogen-bond acceptors (Lipinski definition) is 3. The van der Waals surface area contributed by atoms with E-state index in [-0.39, 0.29) is 6.79 Å². The van der Waals surface area contributed by atoms with Gasteiger partial charge in [-0.1, -0.05) is 90.9 Å². The third-order valence-corrected chi connectivity index (χ3v) is 4.47. The molecule has 0 aromatic carbocycles. The van der Waals surface area contributed by atoms with Crippen molar-refractivity contribution in [1.82, 2.24) is 0 Å². The molecular formula is C22H42O3. The summed E-state index contributed by atoms with van der Waals surface area (Å²) in [5.74, 6) is 0.422. The van der Waals surface area contributed by atoms with Crippen LogP contribution in [0.25, 0.3) is 0 Å². The summed E-state index contributed by atoms with van der Waals surface area (Å²) in [6.07, 6.45) is 21.5. The zero-order valence-electron chi connectivity index (χ0n) is 16.9. The molecule has 0 radical (unpaired) electrons. The number of carbonyl (C=O) groups is 1. The molecule has 0 bridgehead atoms. The molecule has 0 aliphatic rings. The summed E-state index contributed by atoms with van der Waals surface area (Å²) in [4.78, 5) is 11.0. The molecular weight excluding hydrogens is 312 g/mol. The fourth-order valence-corrected chi connectivity index (χ4v) is 2.82. The summed E-state index contributed by atoms with van der Waals surface area (Å²) >= 11 is 0. The Kier molecular flexibility index (Phi) is 20.5. The molecule has 0 heterocycles. The Hall–Kier alpha value is -0.830. The Bertz CT molecular complexity index is 300. The average Bonchev–Trinajstić information content (AvgIpc) is 2.63. The van der Waals surface area contributed by atoms with Crippen LogP contribution in [0.15, 0.2) is 11.8 Å². The fraction of sp³-hybridized carbons (Fsp3) is 0.864. The van der Waals surface area contributed by atoms with E-state index in [2.05, 4.69) is 13.8 Å². The normalized spacial score (nSPS) is 11.7. The summed E-state index contributed by atoms with van der Waals surface area (Å²) in [7, 11) is 0. The molecule has 0 N–H and O–H groups in total. The van der Waals surface area contributed by atoms with E-state index < -0.39 is 0 Å². The Morgan fingerprint density at radius 3 is 1.80 bits per heavy atom. The van der Waals surface area contributed by atoms with E-state index in [0.29, 0.717) is 5.76 Å². The SMILES string of the molecule is CCCCCCCCC/C=C(\C=O)OCOCCCCCCCCC. The second-order valence-corrected chi connectivity index (χ2v) is 6.93. The van der Waals surface area contributed by atoms with Crippen LogP contribution in [0.3, 0.4) is 0 Å². The van der Waals surface area contributed by atoms with E-state index in [1.165, 1.54) is 77.0 Å². The maximum absolute atomic E-state index is 11.0. The maximum Gasteiger partial charge on any atom is 0.189 e. The van der Waals surface area contributed by atoms with E-state index in [1.807, 2.05) is 6.08 Å². The summed E-state index contributed by atoms with van der Waals surface area (Å²) in [6.45, 7) is 5.39. The van der Waals surface area contributed by atoms with Gasteiger partial charge in [0.2, 0.25) is 0 Å². The van der Waals surface area contributed by atoms with Gasteiger partial charge in [0.1, 0.15) is 0 Å². The zero-order chi connectivity index (χ0) is 18.4. The molecule has 25 heavy (non-hydrogen) atoms. The van der Waals surface area contributed by atoms with Crippen LogP contribution in [0.2, 0.25) is 0 Å². The highest BCUT2D eigenvalue weighted by molar-refractivity contribution is 5.69. The van der Waals surface area contributed by atoms with Crippen LogP contribution < -0.4 is 0 Å². The van der Waals surface area contributed by atoms with Crippen LogP contribution in [0.1, 0.15) is 110 Å². The lowest BCUT2D eigenvalue weighted by Crippen LogP contribution is -2.02. The number of aldehydes is 1. The van der Waals surface area contributed by atoms with E-state index >= 15 is 0 Å². The second kappa shape index (κ2) is 21.2. The summed E-state index contributed by atoms with van der Waals surface area (Å²) in [6, 6.07) is 0. The van der Waals surface area contributed by atoms with Gasteiger partial charge >= 0.3 is 0 Å². The van der Waals surface area contributed by atoms with E-state index in [1.54, 1.807) is 0 Å². The highest BCUT2D eigenvalue weighted by Gasteiger charge is 1.97. The van der Waals surface area contributed by atoms with Gasteiger partial charge in [0.25, 0.3) is 0 Å². The van der Waals surface area contributed by atoms with Crippen LogP contribution in [-0.4, -0.2) is 19.7 Å². The molecule has 0 aliphatic heterocycles. The standard InChI is InChI=1S/C22H42O3/c1-3-5-7-9-11-12-14-16-18-22(20-23)25-21-24-19-17-15-13-10-8-6-4-2/h18,20H,3-17,19,21H2,1-2H3/b22-18+. The minimum atomic E-state index is 0.192. The lowest BCUT2D eigenvalue weighted by atomic mass is 10.1. The van der Waals surface area contributed by atoms with Gasteiger partial charge in [-0.05, 0) is 25.3 Å². The van der Waals surface area contributed by atoms with Crippen molar-refractivity contribution in [3.05, 3.63) is 11.8 Å². The van der Waals surface area contributed by atoms with Crippen molar-refractivity contribution in [3.63, 3.8) is 0 Å². The monoisotopic (exact) mass is 354 g/mol. The Morgan fingerprint density at radius 1 is 0.720 bits per heavy atom. The summed E-state index contributed by atoms with van der Waals surface area (Å²) in [5, 5.41) is 0. The van der Waals surface area contributed by atoms with Gasteiger partial charge in [-0.15, -0.1) is 0 Å². The van der Waals surface area contributed by atoms with Gasteiger partial charge in [0, 0.05) is 0 Å². The van der Waals surface area contributed by atoms with Gasteiger partial charge in [-0.25, -0.2) is 0 Å². The van der Waals surface area contributed by atoms with Crippen molar-refractivity contribution in [1.29, 1.82) is 0 Å². The van der Waals surface area contributed by atoms with Crippen LogP contribution in [0.4, 0.5) is 0 Å². The first-order valence-electron chi connectivity index (χ1n) is 10.7. The van der Waals surface area contributed by atoms with Crippen LogP contribution in [-0.2, 0) is 14.3 Å². The molecule has 0 aromatic rings. The molecule has 0 fully saturated rings. The van der Waals surface area contributed by atoms with Gasteiger partial charge in [0.05, 0.1) is 6.61 Å². The molecule has 0 saturated heterocycles. The number of ether oxygens (including phenoxy) is 2. The van der Waals surface area contributed by atoms with E-state index in [4.69, 9.17) is 9.47 Å². The molecule has 0 aliphatic carbocycles. The molecule has 0 spiro atoms. The van der Waals surface area contributed by atoms with Crippen LogP contribution >= 0.6 is 0 Å². The number of allylic oxidation sites excluding steroid dienone is 2. The number of hydrogen-bond donors (Lipinski definition) is 0. The van der Waals surface area contributed by atoms with Gasteiger partial charge in [-0.2, -0.15) is 0 Å². The molecule has 148 valence electrons. The molecule has 3 heteroatoms. The molecule has 3 nitrogen and oxygen atoms in total. The first-order valence-corrected chi connectivity index (χ1v) is 10.7. The Morgan fingerprint density at radius 2 is 1.24 bits per heavy atom. The summed E-state index contributed by atoms with van der Waals surface area (Å²) < 4.78 is 10.8. The predicted octanol–water partition coefficient (Wildman–Crippen LogP) is 6.95. The minimum absolute atomic E-state index is 0.192. The molecule has 0 atom stereocenters. The molecule has 0 saturated carbocycles. The van der Waals surface area contributed by atoms with E-state index in [0.717, 1.165) is 32.2 Å². The molecule has 0 unspecified atom stereocenters. The van der Waals surface area contributed by atoms with Crippen molar-refractivity contribution < 1.29 is 14.3 Å². The number of rotatable bonds is 20. The first-order chi connectivity index (χ1) is 12.3. The van der Waals surface area contributed by atoms with Crippen molar-refractivity contribution >= 4 is 6.29 Å². The van der Waals surface area contributed by atoms with Gasteiger partial charge in [0.15, 0.2) is 18.8 Å². The third kappa shape index (κ3) is 19.3. The van der Waals surface area contributed by atoms with Crippen molar-refractivity contribution in [2.45, 2.75) is 110 Å². The second-order valence-electron chi connectivity index (χ2n) is 6.93. The molecule has 0 rings (SSSR count). The molecule has 0 amide bonds. The average molecular weight is 355 g/mol. The van der Waals surface area contributed by atoms with Crippen molar-refractivity contribution in [2.75, 3.05) is 13.4 Å². The Labute approximate surface area is 156 Å². The first kappa shape index (κ1) is 24.2. The molecule has 0 aromatic heterocycles. The minimum Gasteiger partial charge on any atom is -0.464 e. The lowest BCUT2D eigenvalue weighted by molar-refractivity contribution is -0.111. The fourth-order valence-electron chi connectivity index (χ4n) is 2.82. The number of unbranched alkanes of at least 4 members (excludes halogenated alkanes) is 13. The lowest BCUT2D eigenvalue weighted by Gasteiger charge is -2.07. The smallest absolute Gasteiger partial charge is 0.189 e. The van der Waals surface area contributed by atoms with E-state index in [9.17, 15) is 4.79 Å². The van der Waals surface area contributed by atoms with Gasteiger partial charge < -0.3 is 9.47 Å². The number of carbonyl (C=O) groups excluding carboxylic acids is 1. The predicted molar refractivity (Wildman–Crippen MR) is 107 cm³/mol. The summed E-state index contributed by atoms with van der Waals surface area (Å²) in [5.41, 5.74) is 0. The van der Waals surface area contributed by atoms with Crippen LogP contribution in [0, 0.1) is 0 Å². The largest absolute Gasteiger partial charge is 0.464 e. The van der Waals surface area contributed by atoms with Crippen molar-refractivity contribution in [2.24, 2.45) is 0 Å². The highest BCUT2D eigenvalue weighted by atomic mass is 16.7. The third-order valence-electron chi connectivity index (χ3n) is 4.47. The van der Waals surface area contributed by atoms with Crippen LogP contribution in [0.5, 0.6) is 0 Å². The zero-order valence-corrected chi connectivity index (χ0v) is 16.9. The van der Waals surface area contributed by atoms with Crippen molar-refractivity contribution in [3.8, 4) is 0 Å². The topological polar surface area (TPSA) is 35.5 Å². The maximum atomic E-state index is 11.0. The quantitative estimate of drug-likeness (QED) is 0.0780.